The number of carbonyl (C=O) groups is 1. The summed E-state index contributed by atoms with van der Waals surface area (Å²) in [4.78, 5) is 16.0. The maximum Gasteiger partial charge on any atom is 0.222 e. The van der Waals surface area contributed by atoms with Crippen LogP contribution in [-0.4, -0.2) is 30.7 Å². The van der Waals surface area contributed by atoms with Gasteiger partial charge in [0.1, 0.15) is 6.61 Å². The first-order chi connectivity index (χ1) is 12.7. The topological polar surface area (TPSA) is 69.7 Å². The number of pyridine rings is 1. The second-order valence-corrected chi connectivity index (χ2v) is 6.25. The Kier molecular flexibility index (Phi) is 6.44. The molecule has 1 saturated heterocycles. The molecular formula is C20H24N2O4. The lowest BCUT2D eigenvalue weighted by molar-refractivity contribution is -0.123. The summed E-state index contributed by atoms with van der Waals surface area (Å²) in [5.41, 5.74) is 1.99. The highest BCUT2D eigenvalue weighted by molar-refractivity contribution is 5.76. The summed E-state index contributed by atoms with van der Waals surface area (Å²) in [6.07, 6.45) is 5.95. The molecule has 0 unspecified atom stereocenters. The van der Waals surface area contributed by atoms with E-state index in [-0.39, 0.29) is 12.0 Å². The largest absolute Gasteiger partial charge is 0.493 e. The molecule has 6 nitrogen and oxygen atoms in total. The molecule has 0 bridgehead atoms. The summed E-state index contributed by atoms with van der Waals surface area (Å²) in [6.45, 7) is 1.65. The number of amides is 1. The second kappa shape index (κ2) is 9.20. The quantitative estimate of drug-likeness (QED) is 0.788. The number of hydrogen-bond donors (Lipinski definition) is 1. The van der Waals surface area contributed by atoms with Crippen LogP contribution in [0.5, 0.6) is 11.5 Å². The van der Waals surface area contributed by atoms with Crippen molar-refractivity contribution in [1.29, 1.82) is 0 Å². The van der Waals surface area contributed by atoms with E-state index in [0.717, 1.165) is 30.6 Å². The Balaban J connectivity index is 1.53. The van der Waals surface area contributed by atoms with Crippen molar-refractivity contribution in [3.05, 3.63) is 53.9 Å². The van der Waals surface area contributed by atoms with Crippen molar-refractivity contribution in [2.45, 2.75) is 38.5 Å². The lowest BCUT2D eigenvalue weighted by Crippen LogP contribution is -2.26. The summed E-state index contributed by atoms with van der Waals surface area (Å²) in [7, 11) is 1.61. The van der Waals surface area contributed by atoms with Gasteiger partial charge in [-0.3, -0.25) is 9.78 Å². The molecule has 1 aromatic carbocycles. The van der Waals surface area contributed by atoms with Gasteiger partial charge in [-0.25, -0.2) is 0 Å². The van der Waals surface area contributed by atoms with Crippen LogP contribution >= 0.6 is 0 Å². The highest BCUT2D eigenvalue weighted by Gasteiger charge is 2.18. The molecule has 0 saturated carbocycles. The Labute approximate surface area is 153 Å². The summed E-state index contributed by atoms with van der Waals surface area (Å²) in [5.74, 6) is 1.32. The monoisotopic (exact) mass is 356 g/mol. The molecule has 0 aliphatic carbocycles. The summed E-state index contributed by atoms with van der Waals surface area (Å²) in [5, 5.41) is 2.93. The summed E-state index contributed by atoms with van der Waals surface area (Å²) in [6, 6.07) is 9.49. The highest BCUT2D eigenvalue weighted by atomic mass is 16.5. The van der Waals surface area contributed by atoms with Crippen molar-refractivity contribution in [2.24, 2.45) is 0 Å². The van der Waals surface area contributed by atoms with E-state index in [1.807, 2.05) is 30.3 Å². The zero-order chi connectivity index (χ0) is 18.2. The minimum Gasteiger partial charge on any atom is -0.493 e. The minimum atomic E-state index is 0.00822. The standard InChI is InChI=1S/C20H24N2O4/c1-24-19-11-16(13-22-20(23)12-17-3-2-10-25-17)4-5-18(19)26-14-15-6-8-21-9-7-15/h4-9,11,17H,2-3,10,12-14H2,1H3,(H,22,23)/t17-/m0/s1. The van der Waals surface area contributed by atoms with E-state index in [9.17, 15) is 4.79 Å². The third kappa shape index (κ3) is 5.20. The van der Waals surface area contributed by atoms with Gasteiger partial charge in [-0.15, -0.1) is 0 Å². The first-order valence-corrected chi connectivity index (χ1v) is 8.81. The van der Waals surface area contributed by atoms with E-state index in [1.54, 1.807) is 19.5 Å². The van der Waals surface area contributed by atoms with Gasteiger partial charge in [0.2, 0.25) is 5.91 Å². The molecule has 2 aromatic rings. The van der Waals surface area contributed by atoms with Gasteiger partial charge in [-0.2, -0.15) is 0 Å². The van der Waals surface area contributed by atoms with Crippen molar-refractivity contribution < 1.29 is 19.0 Å². The van der Waals surface area contributed by atoms with E-state index in [4.69, 9.17) is 14.2 Å². The van der Waals surface area contributed by atoms with Crippen LogP contribution < -0.4 is 14.8 Å². The lowest BCUT2D eigenvalue weighted by atomic mass is 10.1. The fourth-order valence-electron chi connectivity index (χ4n) is 2.87. The zero-order valence-corrected chi connectivity index (χ0v) is 14.9. The number of benzene rings is 1. The van der Waals surface area contributed by atoms with Gasteiger partial charge in [-0.1, -0.05) is 6.07 Å². The predicted octanol–water partition coefficient (Wildman–Crippen LogP) is 2.85. The molecule has 1 aliphatic heterocycles. The number of methoxy groups -OCH3 is 1. The molecule has 1 amide bonds. The molecule has 0 radical (unpaired) electrons. The molecule has 1 aliphatic rings. The van der Waals surface area contributed by atoms with Crippen LogP contribution in [0.3, 0.4) is 0 Å². The molecule has 1 aromatic heterocycles. The number of rotatable bonds is 8. The number of ether oxygens (including phenoxy) is 3. The van der Waals surface area contributed by atoms with Gasteiger partial charge in [0, 0.05) is 25.5 Å². The number of hydrogen-bond acceptors (Lipinski definition) is 5. The van der Waals surface area contributed by atoms with E-state index in [1.165, 1.54) is 0 Å². The van der Waals surface area contributed by atoms with E-state index in [0.29, 0.717) is 31.1 Å². The second-order valence-electron chi connectivity index (χ2n) is 6.25. The van der Waals surface area contributed by atoms with Crippen molar-refractivity contribution >= 4 is 5.91 Å². The van der Waals surface area contributed by atoms with E-state index >= 15 is 0 Å². The van der Waals surface area contributed by atoms with Gasteiger partial charge in [0.05, 0.1) is 19.6 Å². The van der Waals surface area contributed by atoms with Crippen LogP contribution in [0.1, 0.15) is 30.4 Å². The molecule has 6 heteroatoms. The lowest BCUT2D eigenvalue weighted by Gasteiger charge is -2.13. The van der Waals surface area contributed by atoms with Crippen LogP contribution in [-0.2, 0) is 22.7 Å². The Bertz CT molecular complexity index is 715. The number of nitrogens with zero attached hydrogens (tertiary/aromatic N) is 1. The molecular weight excluding hydrogens is 332 g/mol. The Morgan fingerprint density at radius 3 is 2.81 bits per heavy atom. The SMILES string of the molecule is COc1cc(CNC(=O)C[C@@H]2CCCO2)ccc1OCc1ccncc1. The van der Waals surface area contributed by atoms with Crippen LogP contribution in [0.25, 0.3) is 0 Å². The maximum atomic E-state index is 12.0. The van der Waals surface area contributed by atoms with Gasteiger partial charge in [-0.05, 0) is 48.2 Å². The number of nitrogens with one attached hydrogen (secondary N) is 1. The van der Waals surface area contributed by atoms with Crippen LogP contribution in [0.2, 0.25) is 0 Å². The van der Waals surface area contributed by atoms with Crippen LogP contribution in [0.15, 0.2) is 42.7 Å². The Morgan fingerprint density at radius 1 is 1.23 bits per heavy atom. The Morgan fingerprint density at radius 2 is 2.08 bits per heavy atom. The zero-order valence-electron chi connectivity index (χ0n) is 14.9. The predicted molar refractivity (Wildman–Crippen MR) is 97.0 cm³/mol. The highest BCUT2D eigenvalue weighted by Crippen LogP contribution is 2.28. The molecule has 1 atom stereocenters. The normalized spacial score (nSPS) is 16.3. The molecule has 3 rings (SSSR count). The fraction of sp³-hybridized carbons (Fsp3) is 0.400. The third-order valence-corrected chi connectivity index (χ3v) is 4.30. The third-order valence-electron chi connectivity index (χ3n) is 4.30. The van der Waals surface area contributed by atoms with E-state index < -0.39 is 0 Å². The van der Waals surface area contributed by atoms with Gasteiger partial charge < -0.3 is 19.5 Å². The van der Waals surface area contributed by atoms with Crippen molar-refractivity contribution in [3.8, 4) is 11.5 Å². The van der Waals surface area contributed by atoms with Crippen molar-refractivity contribution in [2.75, 3.05) is 13.7 Å². The summed E-state index contributed by atoms with van der Waals surface area (Å²) >= 11 is 0. The molecule has 26 heavy (non-hydrogen) atoms. The minimum absolute atomic E-state index is 0.00822. The smallest absolute Gasteiger partial charge is 0.222 e. The van der Waals surface area contributed by atoms with Crippen molar-refractivity contribution in [3.63, 3.8) is 0 Å². The first-order valence-electron chi connectivity index (χ1n) is 8.81. The van der Waals surface area contributed by atoms with Crippen molar-refractivity contribution in [1.82, 2.24) is 10.3 Å². The van der Waals surface area contributed by atoms with Gasteiger partial charge in [0.15, 0.2) is 11.5 Å². The summed E-state index contributed by atoms with van der Waals surface area (Å²) < 4.78 is 16.7. The number of aromatic nitrogens is 1. The average molecular weight is 356 g/mol. The average Bonchev–Trinajstić information content (AvgIpc) is 3.18. The van der Waals surface area contributed by atoms with E-state index in [2.05, 4.69) is 10.3 Å². The fourth-order valence-corrected chi connectivity index (χ4v) is 2.87. The molecule has 2 heterocycles. The molecule has 1 fully saturated rings. The Hall–Kier alpha value is -2.60. The molecule has 138 valence electrons. The first kappa shape index (κ1) is 18.2. The van der Waals surface area contributed by atoms with Crippen LogP contribution in [0, 0.1) is 0 Å². The maximum absolute atomic E-state index is 12.0. The number of carbonyl (C=O) groups excluding carboxylic acids is 1. The molecule has 1 N–H and O–H groups in total. The van der Waals surface area contributed by atoms with Crippen LogP contribution in [0.4, 0.5) is 0 Å². The van der Waals surface area contributed by atoms with Gasteiger partial charge >= 0.3 is 0 Å². The molecule has 0 spiro atoms. The van der Waals surface area contributed by atoms with Gasteiger partial charge in [0.25, 0.3) is 0 Å².